The molecule has 6 nitrogen and oxygen atoms in total. The summed E-state index contributed by atoms with van der Waals surface area (Å²) >= 11 is 0. The number of carbonyl (C=O) groups is 1. The van der Waals surface area contributed by atoms with Gasteiger partial charge in [0.15, 0.2) is 0 Å². The molecule has 0 saturated carbocycles. The van der Waals surface area contributed by atoms with Crippen molar-refractivity contribution in [3.8, 4) is 5.88 Å². The highest BCUT2D eigenvalue weighted by Gasteiger charge is 2.05. The minimum Gasteiger partial charge on any atom is -0.480 e. The second kappa shape index (κ2) is 5.13. The molecular weight excluding hydrogens is 184 g/mol. The van der Waals surface area contributed by atoms with Crippen molar-refractivity contribution in [3.63, 3.8) is 0 Å². The zero-order chi connectivity index (χ0) is 10.4. The first-order valence-electron chi connectivity index (χ1n) is 4.08. The summed E-state index contributed by atoms with van der Waals surface area (Å²) in [7, 11) is 1.50. The van der Waals surface area contributed by atoms with E-state index in [9.17, 15) is 4.79 Å². The summed E-state index contributed by atoms with van der Waals surface area (Å²) in [5.41, 5.74) is 5.71. The smallest absolute Gasteiger partial charge is 0.237 e. The van der Waals surface area contributed by atoms with Gasteiger partial charge >= 0.3 is 0 Å². The molecule has 0 aliphatic rings. The van der Waals surface area contributed by atoms with E-state index in [1.807, 2.05) is 0 Å². The van der Waals surface area contributed by atoms with Gasteiger partial charge in [-0.05, 0) is 0 Å². The molecule has 0 bridgehead atoms. The van der Waals surface area contributed by atoms with Crippen LogP contribution >= 0.6 is 0 Å². The van der Waals surface area contributed by atoms with Gasteiger partial charge in [0.25, 0.3) is 0 Å². The van der Waals surface area contributed by atoms with Gasteiger partial charge in [-0.25, -0.2) is 4.98 Å². The number of rotatable bonds is 4. The standard InChI is InChI=1S/C8H12N4O2/c1-14-8-6(10-2-3-11-8)5-12-7(13)4-9/h2-3H,4-5,9H2,1H3,(H,12,13). The Morgan fingerprint density at radius 2 is 2.29 bits per heavy atom. The number of aromatic nitrogens is 2. The van der Waals surface area contributed by atoms with E-state index in [-0.39, 0.29) is 19.0 Å². The highest BCUT2D eigenvalue weighted by Crippen LogP contribution is 2.09. The summed E-state index contributed by atoms with van der Waals surface area (Å²) in [6.07, 6.45) is 3.06. The van der Waals surface area contributed by atoms with E-state index >= 15 is 0 Å². The van der Waals surface area contributed by atoms with Crippen LogP contribution in [-0.4, -0.2) is 29.5 Å². The SMILES string of the molecule is COc1nccnc1CNC(=O)CN. The predicted octanol–water partition coefficient (Wildman–Crippen LogP) is -0.940. The molecule has 0 aliphatic heterocycles. The molecule has 0 aromatic carbocycles. The lowest BCUT2D eigenvalue weighted by Crippen LogP contribution is -2.30. The number of hydrogen-bond donors (Lipinski definition) is 2. The van der Waals surface area contributed by atoms with Crippen LogP contribution in [0.2, 0.25) is 0 Å². The number of nitrogens with two attached hydrogens (primary N) is 1. The van der Waals surface area contributed by atoms with Crippen molar-refractivity contribution in [3.05, 3.63) is 18.1 Å². The lowest BCUT2D eigenvalue weighted by atomic mass is 10.4. The van der Waals surface area contributed by atoms with Gasteiger partial charge in [0.05, 0.1) is 20.2 Å². The Hall–Kier alpha value is -1.69. The Morgan fingerprint density at radius 1 is 1.57 bits per heavy atom. The lowest BCUT2D eigenvalue weighted by Gasteiger charge is -2.06. The molecule has 0 spiro atoms. The molecular formula is C8H12N4O2. The highest BCUT2D eigenvalue weighted by molar-refractivity contribution is 5.77. The van der Waals surface area contributed by atoms with E-state index in [4.69, 9.17) is 10.5 Å². The lowest BCUT2D eigenvalue weighted by molar-refractivity contribution is -0.119. The van der Waals surface area contributed by atoms with Crippen LogP contribution in [0.4, 0.5) is 0 Å². The van der Waals surface area contributed by atoms with E-state index in [0.29, 0.717) is 11.6 Å². The number of hydrogen-bond acceptors (Lipinski definition) is 5. The van der Waals surface area contributed by atoms with Crippen LogP contribution in [-0.2, 0) is 11.3 Å². The Kier molecular flexibility index (Phi) is 3.81. The molecule has 0 aliphatic carbocycles. The second-order valence-corrected chi connectivity index (χ2v) is 2.49. The number of nitrogens with zero attached hydrogens (tertiary/aromatic N) is 2. The molecule has 1 amide bonds. The molecule has 76 valence electrons. The fourth-order valence-electron chi connectivity index (χ4n) is 0.900. The average molecular weight is 196 g/mol. The van der Waals surface area contributed by atoms with Gasteiger partial charge in [0, 0.05) is 12.4 Å². The summed E-state index contributed by atoms with van der Waals surface area (Å²) in [5, 5.41) is 2.58. The first-order valence-corrected chi connectivity index (χ1v) is 4.08. The largest absolute Gasteiger partial charge is 0.480 e. The van der Waals surface area contributed by atoms with Crippen LogP contribution in [0.25, 0.3) is 0 Å². The first-order chi connectivity index (χ1) is 6.77. The van der Waals surface area contributed by atoms with Crippen LogP contribution < -0.4 is 15.8 Å². The van der Waals surface area contributed by atoms with Crippen LogP contribution in [0, 0.1) is 0 Å². The molecule has 14 heavy (non-hydrogen) atoms. The molecule has 1 aromatic rings. The van der Waals surface area contributed by atoms with Gasteiger partial charge in [-0.1, -0.05) is 0 Å². The van der Waals surface area contributed by atoms with Crippen molar-refractivity contribution in [1.82, 2.24) is 15.3 Å². The van der Waals surface area contributed by atoms with Crippen LogP contribution in [0.1, 0.15) is 5.69 Å². The summed E-state index contributed by atoms with van der Waals surface area (Å²) in [4.78, 5) is 18.8. The van der Waals surface area contributed by atoms with E-state index in [1.54, 1.807) is 0 Å². The number of ether oxygens (including phenoxy) is 1. The fraction of sp³-hybridized carbons (Fsp3) is 0.375. The average Bonchev–Trinajstić information content (AvgIpc) is 2.26. The van der Waals surface area contributed by atoms with Crippen molar-refractivity contribution >= 4 is 5.91 Å². The van der Waals surface area contributed by atoms with E-state index in [1.165, 1.54) is 19.5 Å². The Bertz CT molecular complexity index is 316. The van der Waals surface area contributed by atoms with E-state index in [0.717, 1.165) is 0 Å². The molecule has 0 unspecified atom stereocenters. The molecule has 1 aromatic heterocycles. The number of carbonyl (C=O) groups excluding carboxylic acids is 1. The van der Waals surface area contributed by atoms with E-state index < -0.39 is 0 Å². The van der Waals surface area contributed by atoms with Gasteiger partial charge in [-0.3, -0.25) is 9.78 Å². The fourth-order valence-corrected chi connectivity index (χ4v) is 0.900. The normalized spacial score (nSPS) is 9.57. The van der Waals surface area contributed by atoms with Crippen LogP contribution in [0.15, 0.2) is 12.4 Å². The quantitative estimate of drug-likeness (QED) is 0.648. The third-order valence-corrected chi connectivity index (χ3v) is 1.57. The Balaban J connectivity index is 2.61. The van der Waals surface area contributed by atoms with Crippen molar-refractivity contribution in [2.75, 3.05) is 13.7 Å². The molecule has 1 rings (SSSR count). The van der Waals surface area contributed by atoms with Crippen LogP contribution in [0.3, 0.4) is 0 Å². The maximum atomic E-state index is 10.9. The highest BCUT2D eigenvalue weighted by atomic mass is 16.5. The van der Waals surface area contributed by atoms with Crippen LogP contribution in [0.5, 0.6) is 5.88 Å². The summed E-state index contributed by atoms with van der Waals surface area (Å²) < 4.78 is 4.96. The Morgan fingerprint density at radius 3 is 2.93 bits per heavy atom. The maximum Gasteiger partial charge on any atom is 0.237 e. The predicted molar refractivity (Wildman–Crippen MR) is 49.5 cm³/mol. The molecule has 3 N–H and O–H groups in total. The monoisotopic (exact) mass is 196 g/mol. The second-order valence-electron chi connectivity index (χ2n) is 2.49. The van der Waals surface area contributed by atoms with Gasteiger partial charge in [0.2, 0.25) is 11.8 Å². The third kappa shape index (κ3) is 2.67. The number of methoxy groups -OCH3 is 1. The molecule has 1 heterocycles. The minimum absolute atomic E-state index is 0.0391. The summed E-state index contributed by atoms with van der Waals surface area (Å²) in [5.74, 6) is 0.169. The topological polar surface area (TPSA) is 90.1 Å². The van der Waals surface area contributed by atoms with Crippen molar-refractivity contribution in [2.24, 2.45) is 5.73 Å². The minimum atomic E-state index is -0.238. The van der Waals surface area contributed by atoms with Gasteiger partial charge in [0.1, 0.15) is 5.69 Å². The third-order valence-electron chi connectivity index (χ3n) is 1.57. The molecule has 0 atom stereocenters. The van der Waals surface area contributed by atoms with Crippen molar-refractivity contribution in [1.29, 1.82) is 0 Å². The van der Waals surface area contributed by atoms with Gasteiger partial charge in [-0.15, -0.1) is 0 Å². The molecule has 0 saturated heterocycles. The number of nitrogens with one attached hydrogen (secondary N) is 1. The first kappa shape index (κ1) is 10.4. The molecule has 0 fully saturated rings. The van der Waals surface area contributed by atoms with Crippen molar-refractivity contribution in [2.45, 2.75) is 6.54 Å². The molecule has 6 heteroatoms. The van der Waals surface area contributed by atoms with E-state index in [2.05, 4.69) is 15.3 Å². The Labute approximate surface area is 81.5 Å². The van der Waals surface area contributed by atoms with Gasteiger partial charge < -0.3 is 15.8 Å². The molecule has 0 radical (unpaired) electrons. The van der Waals surface area contributed by atoms with Crippen molar-refractivity contribution < 1.29 is 9.53 Å². The zero-order valence-corrected chi connectivity index (χ0v) is 7.86. The number of amides is 1. The maximum absolute atomic E-state index is 10.9. The summed E-state index contributed by atoms with van der Waals surface area (Å²) in [6.45, 7) is 0.232. The summed E-state index contributed by atoms with van der Waals surface area (Å²) in [6, 6.07) is 0. The van der Waals surface area contributed by atoms with Gasteiger partial charge in [-0.2, -0.15) is 0 Å². The zero-order valence-electron chi connectivity index (χ0n) is 7.86.